The summed E-state index contributed by atoms with van der Waals surface area (Å²) in [7, 11) is 0. The maximum Gasteiger partial charge on any atom is 0.416 e. The monoisotopic (exact) mass is 237 g/mol. The van der Waals surface area contributed by atoms with E-state index in [4.69, 9.17) is 5.26 Å². The van der Waals surface area contributed by atoms with Gasteiger partial charge in [0.2, 0.25) is 0 Å². The lowest BCUT2D eigenvalue weighted by atomic mass is 10.2. The maximum atomic E-state index is 12.5. The molecule has 0 unspecified atom stereocenters. The lowest BCUT2D eigenvalue weighted by molar-refractivity contribution is -0.137. The van der Waals surface area contributed by atoms with E-state index in [1.165, 1.54) is 24.4 Å². The third-order valence-electron chi connectivity index (χ3n) is 2.18. The van der Waals surface area contributed by atoms with Crippen LogP contribution in [0.2, 0.25) is 0 Å². The molecule has 0 aliphatic rings. The molecular formula is C11H6F3N3. The number of hydrogen-bond donors (Lipinski definition) is 0. The summed E-state index contributed by atoms with van der Waals surface area (Å²) in [5, 5.41) is 12.6. The Morgan fingerprint density at radius 2 is 2.00 bits per heavy atom. The Kier molecular flexibility index (Phi) is 2.60. The van der Waals surface area contributed by atoms with Gasteiger partial charge in [-0.05, 0) is 24.3 Å². The van der Waals surface area contributed by atoms with Crippen molar-refractivity contribution in [3.8, 4) is 11.8 Å². The van der Waals surface area contributed by atoms with Crippen molar-refractivity contribution in [2.24, 2.45) is 0 Å². The third kappa shape index (κ3) is 2.13. The van der Waals surface area contributed by atoms with Crippen molar-refractivity contribution >= 4 is 0 Å². The predicted molar refractivity (Wildman–Crippen MR) is 53.3 cm³/mol. The number of nitrogens with zero attached hydrogens (tertiary/aromatic N) is 3. The molecule has 0 aliphatic heterocycles. The van der Waals surface area contributed by atoms with Crippen LogP contribution in [0.5, 0.6) is 0 Å². The molecule has 0 aliphatic carbocycles. The summed E-state index contributed by atoms with van der Waals surface area (Å²) >= 11 is 0. The predicted octanol–water partition coefficient (Wildman–Crippen LogP) is 2.76. The minimum absolute atomic E-state index is 0.185. The summed E-state index contributed by atoms with van der Waals surface area (Å²) in [5.41, 5.74) is -0.375. The van der Waals surface area contributed by atoms with Gasteiger partial charge < -0.3 is 0 Å². The highest BCUT2D eigenvalue weighted by atomic mass is 19.4. The van der Waals surface area contributed by atoms with E-state index >= 15 is 0 Å². The maximum absolute atomic E-state index is 12.5. The average Bonchev–Trinajstić information content (AvgIpc) is 2.76. The molecule has 1 aromatic carbocycles. The van der Waals surface area contributed by atoms with E-state index in [1.54, 1.807) is 0 Å². The first-order chi connectivity index (χ1) is 8.02. The number of benzene rings is 1. The molecule has 0 atom stereocenters. The Hall–Kier alpha value is -2.29. The van der Waals surface area contributed by atoms with E-state index in [0.29, 0.717) is 0 Å². The quantitative estimate of drug-likeness (QED) is 0.765. The molecule has 1 heterocycles. The molecule has 0 spiro atoms. The Labute approximate surface area is 94.7 Å². The number of rotatable bonds is 1. The first-order valence-corrected chi connectivity index (χ1v) is 4.64. The Morgan fingerprint density at radius 3 is 2.65 bits per heavy atom. The summed E-state index contributed by atoms with van der Waals surface area (Å²) in [5.74, 6) is 0. The van der Waals surface area contributed by atoms with E-state index in [-0.39, 0.29) is 11.4 Å². The minimum atomic E-state index is -4.41. The lowest BCUT2D eigenvalue weighted by Crippen LogP contribution is -2.07. The van der Waals surface area contributed by atoms with Gasteiger partial charge in [0.15, 0.2) is 0 Å². The largest absolute Gasteiger partial charge is 0.416 e. The van der Waals surface area contributed by atoms with Gasteiger partial charge in [0.1, 0.15) is 11.8 Å². The van der Waals surface area contributed by atoms with Gasteiger partial charge >= 0.3 is 6.18 Å². The number of halogens is 3. The van der Waals surface area contributed by atoms with Crippen LogP contribution in [0.4, 0.5) is 13.2 Å². The third-order valence-corrected chi connectivity index (χ3v) is 2.18. The highest BCUT2D eigenvalue weighted by Gasteiger charge is 2.30. The highest BCUT2D eigenvalue weighted by molar-refractivity contribution is 5.39. The van der Waals surface area contributed by atoms with E-state index < -0.39 is 11.7 Å². The molecule has 86 valence electrons. The Bertz CT molecular complexity index is 578. The van der Waals surface area contributed by atoms with Crippen LogP contribution in [0, 0.1) is 11.3 Å². The molecule has 0 bridgehead atoms. The molecule has 0 amide bonds. The molecule has 0 radical (unpaired) electrons. The summed E-state index contributed by atoms with van der Waals surface area (Å²) in [6, 6.07) is 7.95. The van der Waals surface area contributed by atoms with Crippen LogP contribution in [0.3, 0.4) is 0 Å². The van der Waals surface area contributed by atoms with Gasteiger partial charge in [-0.3, -0.25) is 0 Å². The zero-order chi connectivity index (χ0) is 12.5. The fourth-order valence-corrected chi connectivity index (χ4v) is 1.41. The number of aromatic nitrogens is 2. The second-order valence-corrected chi connectivity index (χ2v) is 3.29. The number of alkyl halides is 3. The van der Waals surface area contributed by atoms with E-state index in [1.807, 2.05) is 6.07 Å². The van der Waals surface area contributed by atoms with Crippen molar-refractivity contribution in [2.45, 2.75) is 6.18 Å². The summed E-state index contributed by atoms with van der Waals surface area (Å²) in [6.07, 6.45) is -3.05. The Morgan fingerprint density at radius 1 is 1.24 bits per heavy atom. The topological polar surface area (TPSA) is 41.6 Å². The summed E-state index contributed by atoms with van der Waals surface area (Å²) in [6.45, 7) is 0. The van der Waals surface area contributed by atoms with Crippen molar-refractivity contribution in [1.29, 1.82) is 5.26 Å². The van der Waals surface area contributed by atoms with E-state index in [0.717, 1.165) is 16.8 Å². The van der Waals surface area contributed by atoms with Crippen LogP contribution in [-0.4, -0.2) is 9.78 Å². The van der Waals surface area contributed by atoms with Gasteiger partial charge in [-0.25, -0.2) is 4.68 Å². The fraction of sp³-hybridized carbons (Fsp3) is 0.0909. The molecule has 2 aromatic rings. The lowest BCUT2D eigenvalue weighted by Gasteiger charge is -2.09. The van der Waals surface area contributed by atoms with Crippen molar-refractivity contribution < 1.29 is 13.2 Å². The number of hydrogen-bond acceptors (Lipinski definition) is 2. The molecule has 0 saturated carbocycles. The molecule has 2 rings (SSSR count). The first-order valence-electron chi connectivity index (χ1n) is 4.64. The van der Waals surface area contributed by atoms with Crippen molar-refractivity contribution in [3.05, 3.63) is 47.8 Å². The van der Waals surface area contributed by atoms with Gasteiger partial charge in [0.05, 0.1) is 17.4 Å². The van der Waals surface area contributed by atoms with Crippen LogP contribution >= 0.6 is 0 Å². The Balaban J connectivity index is 2.52. The molecule has 1 aromatic heterocycles. The van der Waals surface area contributed by atoms with Gasteiger partial charge in [-0.15, -0.1) is 0 Å². The van der Waals surface area contributed by atoms with Crippen LogP contribution < -0.4 is 0 Å². The fourth-order valence-electron chi connectivity index (χ4n) is 1.41. The zero-order valence-electron chi connectivity index (χ0n) is 8.44. The number of nitriles is 1. The zero-order valence-corrected chi connectivity index (χ0v) is 8.44. The second-order valence-electron chi connectivity index (χ2n) is 3.29. The molecule has 3 nitrogen and oxygen atoms in total. The highest BCUT2D eigenvalue weighted by Crippen LogP contribution is 2.30. The minimum Gasteiger partial charge on any atom is -0.223 e. The molecule has 0 N–H and O–H groups in total. The van der Waals surface area contributed by atoms with E-state index in [2.05, 4.69) is 5.10 Å². The normalized spacial score (nSPS) is 11.2. The molecule has 6 heteroatoms. The van der Waals surface area contributed by atoms with E-state index in [9.17, 15) is 13.2 Å². The average molecular weight is 237 g/mol. The SMILES string of the molecule is N#Cc1ccnn1-c1cccc(C(F)(F)F)c1. The molecular weight excluding hydrogens is 231 g/mol. The van der Waals surface area contributed by atoms with Gasteiger partial charge in [0.25, 0.3) is 0 Å². The van der Waals surface area contributed by atoms with Gasteiger partial charge in [-0.1, -0.05) is 6.07 Å². The standard InChI is InChI=1S/C11H6F3N3/c12-11(13,14)8-2-1-3-9(6-8)17-10(7-15)4-5-16-17/h1-6H. The van der Waals surface area contributed by atoms with Gasteiger partial charge in [0, 0.05) is 0 Å². The smallest absolute Gasteiger partial charge is 0.223 e. The second kappa shape index (κ2) is 3.94. The van der Waals surface area contributed by atoms with Crippen molar-refractivity contribution in [3.63, 3.8) is 0 Å². The van der Waals surface area contributed by atoms with Crippen LogP contribution in [0.1, 0.15) is 11.3 Å². The van der Waals surface area contributed by atoms with Crippen molar-refractivity contribution in [1.82, 2.24) is 9.78 Å². The summed E-state index contributed by atoms with van der Waals surface area (Å²) in [4.78, 5) is 0. The summed E-state index contributed by atoms with van der Waals surface area (Å²) < 4.78 is 38.7. The van der Waals surface area contributed by atoms with Crippen LogP contribution in [-0.2, 0) is 6.18 Å². The first kappa shape index (κ1) is 11.2. The van der Waals surface area contributed by atoms with Crippen LogP contribution in [0.25, 0.3) is 5.69 Å². The molecule has 0 saturated heterocycles. The molecule has 0 fully saturated rings. The van der Waals surface area contributed by atoms with Crippen LogP contribution in [0.15, 0.2) is 36.5 Å². The molecule has 17 heavy (non-hydrogen) atoms. The van der Waals surface area contributed by atoms with Gasteiger partial charge in [-0.2, -0.15) is 23.5 Å². The van der Waals surface area contributed by atoms with Crippen molar-refractivity contribution in [2.75, 3.05) is 0 Å².